The summed E-state index contributed by atoms with van der Waals surface area (Å²) >= 11 is 0. The fraction of sp³-hybridized carbons (Fsp3) is 0.435. The monoisotopic (exact) mass is 427 g/mol. The molecule has 1 aliphatic carbocycles. The predicted molar refractivity (Wildman–Crippen MR) is 118 cm³/mol. The van der Waals surface area contributed by atoms with Crippen LogP contribution < -0.4 is 4.72 Å². The first kappa shape index (κ1) is 20.9. The second-order valence-corrected chi connectivity index (χ2v) is 9.94. The van der Waals surface area contributed by atoms with Crippen molar-refractivity contribution in [2.45, 2.75) is 43.5 Å². The first-order valence-corrected chi connectivity index (χ1v) is 12.1. The summed E-state index contributed by atoms with van der Waals surface area (Å²) in [4.78, 5) is 17.4. The number of piperazine rings is 1. The maximum Gasteiger partial charge on any atom is 0.261 e. The number of sulfonamides is 1. The zero-order valence-electron chi connectivity index (χ0n) is 17.4. The van der Waals surface area contributed by atoms with Gasteiger partial charge in [-0.1, -0.05) is 30.5 Å². The molecule has 1 amide bonds. The topological polar surface area (TPSA) is 69.7 Å². The minimum atomic E-state index is -3.69. The Bertz CT molecular complexity index is 973. The minimum Gasteiger partial charge on any atom is -0.336 e. The van der Waals surface area contributed by atoms with Gasteiger partial charge >= 0.3 is 0 Å². The predicted octanol–water partition coefficient (Wildman–Crippen LogP) is 3.50. The Balaban J connectivity index is 1.38. The lowest BCUT2D eigenvalue weighted by molar-refractivity contribution is 0.0573. The van der Waals surface area contributed by atoms with Crippen LogP contribution in [0.3, 0.4) is 0 Å². The number of nitrogens with zero attached hydrogens (tertiary/aromatic N) is 2. The van der Waals surface area contributed by atoms with Gasteiger partial charge in [0.1, 0.15) is 0 Å². The molecule has 1 heterocycles. The van der Waals surface area contributed by atoms with Crippen molar-refractivity contribution in [1.29, 1.82) is 0 Å². The summed E-state index contributed by atoms with van der Waals surface area (Å²) in [6, 6.07) is 14.1. The summed E-state index contributed by atoms with van der Waals surface area (Å²) in [6.07, 6.45) is 5.19. The van der Waals surface area contributed by atoms with Crippen LogP contribution >= 0.6 is 0 Å². The van der Waals surface area contributed by atoms with E-state index in [1.807, 2.05) is 24.0 Å². The number of aryl methyl sites for hydroxylation is 1. The van der Waals surface area contributed by atoms with E-state index >= 15 is 0 Å². The van der Waals surface area contributed by atoms with Gasteiger partial charge in [0.05, 0.1) is 4.90 Å². The molecule has 0 aromatic heterocycles. The number of hydrogen-bond donors (Lipinski definition) is 1. The van der Waals surface area contributed by atoms with Gasteiger partial charge in [-0.3, -0.25) is 14.4 Å². The molecule has 2 fully saturated rings. The first-order valence-electron chi connectivity index (χ1n) is 10.7. The molecule has 4 rings (SSSR count). The zero-order chi connectivity index (χ0) is 21.1. The standard InChI is InChI=1S/C23H29N3O3S/c1-18-6-10-20(11-7-18)24-30(28,29)22-12-8-19(9-13-22)23(27)26-16-14-25(15-17-26)21-4-2-3-5-21/h6-13,21,24H,2-5,14-17H2,1H3. The van der Waals surface area contributed by atoms with Crippen LogP contribution in [-0.4, -0.2) is 56.3 Å². The Morgan fingerprint density at radius 2 is 1.50 bits per heavy atom. The van der Waals surface area contributed by atoms with Crippen molar-refractivity contribution in [2.24, 2.45) is 0 Å². The molecule has 6 nitrogen and oxygen atoms in total. The second kappa shape index (κ2) is 8.78. The van der Waals surface area contributed by atoms with Crippen LogP contribution in [0.4, 0.5) is 5.69 Å². The van der Waals surface area contributed by atoms with Gasteiger partial charge in [0.15, 0.2) is 0 Å². The Morgan fingerprint density at radius 3 is 2.10 bits per heavy atom. The van der Waals surface area contributed by atoms with Crippen molar-refractivity contribution in [3.63, 3.8) is 0 Å². The third-order valence-electron chi connectivity index (χ3n) is 6.16. The highest BCUT2D eigenvalue weighted by atomic mass is 32.2. The molecular weight excluding hydrogens is 398 g/mol. The number of carbonyl (C=O) groups is 1. The molecule has 0 spiro atoms. The largest absolute Gasteiger partial charge is 0.336 e. The molecule has 0 atom stereocenters. The molecule has 30 heavy (non-hydrogen) atoms. The van der Waals surface area contributed by atoms with Crippen molar-refractivity contribution in [3.05, 3.63) is 59.7 Å². The van der Waals surface area contributed by atoms with Gasteiger partial charge in [-0.2, -0.15) is 0 Å². The summed E-state index contributed by atoms with van der Waals surface area (Å²) in [5.41, 5.74) is 2.10. The van der Waals surface area contributed by atoms with Crippen LogP contribution in [0.25, 0.3) is 0 Å². The van der Waals surface area contributed by atoms with Crippen LogP contribution in [0.1, 0.15) is 41.6 Å². The van der Waals surface area contributed by atoms with Crippen molar-refractivity contribution in [3.8, 4) is 0 Å². The SMILES string of the molecule is Cc1ccc(NS(=O)(=O)c2ccc(C(=O)N3CCN(C4CCCC4)CC3)cc2)cc1. The van der Waals surface area contributed by atoms with Crippen molar-refractivity contribution >= 4 is 21.6 Å². The summed E-state index contributed by atoms with van der Waals surface area (Å²) in [6.45, 7) is 5.24. The van der Waals surface area contributed by atoms with E-state index in [0.717, 1.165) is 31.7 Å². The van der Waals surface area contributed by atoms with Gasteiger partial charge in [0.25, 0.3) is 15.9 Å². The van der Waals surface area contributed by atoms with Crippen LogP contribution in [0.2, 0.25) is 0 Å². The number of carbonyl (C=O) groups excluding carboxylic acids is 1. The summed E-state index contributed by atoms with van der Waals surface area (Å²) in [7, 11) is -3.69. The zero-order valence-corrected chi connectivity index (χ0v) is 18.2. The van der Waals surface area contributed by atoms with E-state index in [4.69, 9.17) is 0 Å². The number of benzene rings is 2. The molecule has 160 valence electrons. The summed E-state index contributed by atoms with van der Waals surface area (Å²) in [5.74, 6) is -0.0310. The molecule has 0 radical (unpaired) electrons. The van der Waals surface area contributed by atoms with Crippen LogP contribution in [0, 0.1) is 6.92 Å². The number of hydrogen-bond acceptors (Lipinski definition) is 4. The number of amides is 1. The smallest absolute Gasteiger partial charge is 0.261 e. The molecule has 0 unspecified atom stereocenters. The first-order chi connectivity index (χ1) is 14.4. The molecule has 1 saturated heterocycles. The average Bonchev–Trinajstić information content (AvgIpc) is 3.30. The molecule has 7 heteroatoms. The van der Waals surface area contributed by atoms with E-state index in [-0.39, 0.29) is 10.8 Å². The molecule has 2 aromatic carbocycles. The highest BCUT2D eigenvalue weighted by Gasteiger charge is 2.28. The average molecular weight is 428 g/mol. The third kappa shape index (κ3) is 4.68. The van der Waals surface area contributed by atoms with Gasteiger partial charge in [-0.15, -0.1) is 0 Å². The van der Waals surface area contributed by atoms with E-state index < -0.39 is 10.0 Å². The Labute approximate surface area is 178 Å². The van der Waals surface area contributed by atoms with Crippen LogP contribution in [-0.2, 0) is 10.0 Å². The molecule has 1 N–H and O–H groups in total. The molecule has 2 aromatic rings. The normalized spacial score (nSPS) is 18.5. The number of rotatable bonds is 5. The fourth-order valence-corrected chi connectivity index (χ4v) is 5.41. The second-order valence-electron chi connectivity index (χ2n) is 8.26. The summed E-state index contributed by atoms with van der Waals surface area (Å²) in [5, 5.41) is 0. The molecular formula is C23H29N3O3S. The highest BCUT2D eigenvalue weighted by molar-refractivity contribution is 7.92. The highest BCUT2D eigenvalue weighted by Crippen LogP contribution is 2.25. The van der Waals surface area contributed by atoms with E-state index in [1.165, 1.54) is 37.8 Å². The van der Waals surface area contributed by atoms with Crippen molar-refractivity contribution in [2.75, 3.05) is 30.9 Å². The lowest BCUT2D eigenvalue weighted by Gasteiger charge is -2.38. The lowest BCUT2D eigenvalue weighted by Crippen LogP contribution is -2.51. The van der Waals surface area contributed by atoms with E-state index in [9.17, 15) is 13.2 Å². The number of nitrogens with one attached hydrogen (secondary N) is 1. The van der Waals surface area contributed by atoms with Gasteiger partial charge in [0.2, 0.25) is 0 Å². The molecule has 2 aliphatic rings. The quantitative estimate of drug-likeness (QED) is 0.793. The maximum atomic E-state index is 12.9. The minimum absolute atomic E-state index is 0.0310. The van der Waals surface area contributed by atoms with Gasteiger partial charge in [-0.05, 0) is 56.2 Å². The van der Waals surface area contributed by atoms with Gasteiger partial charge in [-0.25, -0.2) is 8.42 Å². The van der Waals surface area contributed by atoms with Gasteiger partial charge in [0, 0.05) is 43.5 Å². The maximum absolute atomic E-state index is 12.9. The van der Waals surface area contributed by atoms with E-state index in [2.05, 4.69) is 9.62 Å². The van der Waals surface area contributed by atoms with E-state index in [0.29, 0.717) is 17.3 Å². The molecule has 0 bridgehead atoms. The Hall–Kier alpha value is -2.38. The van der Waals surface area contributed by atoms with Crippen LogP contribution in [0.15, 0.2) is 53.4 Å². The van der Waals surface area contributed by atoms with Crippen molar-refractivity contribution in [1.82, 2.24) is 9.80 Å². The van der Waals surface area contributed by atoms with Crippen molar-refractivity contribution < 1.29 is 13.2 Å². The van der Waals surface area contributed by atoms with Crippen LogP contribution in [0.5, 0.6) is 0 Å². The van der Waals surface area contributed by atoms with E-state index in [1.54, 1.807) is 24.3 Å². The fourth-order valence-electron chi connectivity index (χ4n) is 4.35. The molecule has 1 aliphatic heterocycles. The lowest BCUT2D eigenvalue weighted by atomic mass is 10.1. The molecule has 1 saturated carbocycles. The number of anilines is 1. The Kier molecular flexibility index (Phi) is 6.11. The third-order valence-corrected chi connectivity index (χ3v) is 7.56. The van der Waals surface area contributed by atoms with Gasteiger partial charge < -0.3 is 4.90 Å². The Morgan fingerprint density at radius 1 is 0.900 bits per heavy atom. The summed E-state index contributed by atoms with van der Waals surface area (Å²) < 4.78 is 27.8.